The maximum atomic E-state index is 13.3. The first-order valence-corrected chi connectivity index (χ1v) is 14.4. The molecule has 194 valence electrons. The average Bonchev–Trinajstić information content (AvgIpc) is 3.05. The molecule has 0 radical (unpaired) electrons. The molecule has 1 amide bonds. The number of halogens is 1. The molecule has 0 aromatic heterocycles. The van der Waals surface area contributed by atoms with Crippen LogP contribution in [0.5, 0.6) is 0 Å². The number of hydrogen-bond donors (Lipinski definition) is 0. The van der Waals surface area contributed by atoms with Crippen molar-refractivity contribution in [2.45, 2.75) is 38.3 Å². The number of nitrogens with zero attached hydrogens (tertiary/aromatic N) is 2. The molecule has 0 spiro atoms. The van der Waals surface area contributed by atoms with Crippen LogP contribution >= 0.6 is 11.6 Å². The van der Waals surface area contributed by atoms with Crippen LogP contribution in [0.3, 0.4) is 0 Å². The van der Waals surface area contributed by atoms with E-state index in [0.717, 1.165) is 46.8 Å². The van der Waals surface area contributed by atoms with Gasteiger partial charge in [0.1, 0.15) is 0 Å². The van der Waals surface area contributed by atoms with Gasteiger partial charge >= 0.3 is 0 Å². The molecule has 0 N–H and O–H groups in total. The van der Waals surface area contributed by atoms with Crippen LogP contribution in [0.2, 0.25) is 0 Å². The van der Waals surface area contributed by atoms with Gasteiger partial charge in [-0.1, -0.05) is 90.5 Å². The predicted molar refractivity (Wildman–Crippen MR) is 157 cm³/mol. The Morgan fingerprint density at radius 1 is 0.919 bits per heavy atom. The molecule has 1 heterocycles. The summed E-state index contributed by atoms with van der Waals surface area (Å²) < 4.78 is 12.1. The van der Waals surface area contributed by atoms with Crippen LogP contribution in [0.25, 0.3) is 11.1 Å². The van der Waals surface area contributed by atoms with E-state index in [-0.39, 0.29) is 5.91 Å². The Morgan fingerprint density at radius 3 is 2.27 bits per heavy atom. The number of fused-ring (bicyclic) bond motifs is 1. The molecule has 0 saturated carbocycles. The van der Waals surface area contributed by atoms with E-state index < -0.39 is 10.8 Å². The molecule has 1 aliphatic rings. The van der Waals surface area contributed by atoms with Crippen molar-refractivity contribution in [3.63, 3.8) is 0 Å². The third-order valence-corrected chi connectivity index (χ3v) is 7.34. The summed E-state index contributed by atoms with van der Waals surface area (Å²) in [7, 11) is -1.05. The highest BCUT2D eigenvalue weighted by Crippen LogP contribution is 2.29. The highest BCUT2D eigenvalue weighted by Gasteiger charge is 2.26. The molecule has 3 aromatic carbocycles. The Morgan fingerprint density at radius 2 is 1.59 bits per heavy atom. The molecule has 4 nitrogen and oxygen atoms in total. The highest BCUT2D eigenvalue weighted by atomic mass is 35.5. The van der Waals surface area contributed by atoms with Gasteiger partial charge < -0.3 is 4.90 Å². The number of rotatable bonds is 7. The van der Waals surface area contributed by atoms with Crippen LogP contribution in [0.4, 0.5) is 5.69 Å². The zero-order valence-electron chi connectivity index (χ0n) is 21.8. The fraction of sp³-hybridized carbons (Fsp3) is 0.258. The zero-order valence-corrected chi connectivity index (χ0v) is 23.3. The smallest absolute Gasteiger partial charge is 0.241 e. The second kappa shape index (κ2) is 14.7. The molecule has 3 aromatic rings. The molecular formula is C31H35ClN2O2S. The SMILES string of the molecule is C/C=C/Cl.C/C=C\CCN1CC(=O)N(Cc2ccc(-c3ccccc3S(C)=O)cc2)c2ccccc2C1. The van der Waals surface area contributed by atoms with Crippen LogP contribution < -0.4 is 4.90 Å². The number of carbonyl (C=O) groups is 1. The van der Waals surface area contributed by atoms with Crippen LogP contribution in [0.1, 0.15) is 31.4 Å². The van der Waals surface area contributed by atoms with Crippen molar-refractivity contribution in [1.29, 1.82) is 0 Å². The number of carbonyl (C=O) groups excluding carboxylic acids is 1. The summed E-state index contributed by atoms with van der Waals surface area (Å²) in [6, 6.07) is 24.2. The minimum absolute atomic E-state index is 0.122. The summed E-state index contributed by atoms with van der Waals surface area (Å²) in [6.07, 6.45) is 8.61. The van der Waals surface area contributed by atoms with Crippen LogP contribution in [0.15, 0.2) is 101 Å². The van der Waals surface area contributed by atoms with Gasteiger partial charge in [0.2, 0.25) is 5.91 Å². The molecule has 0 fully saturated rings. The molecular weight excluding hydrogens is 500 g/mol. The van der Waals surface area contributed by atoms with Crippen LogP contribution in [-0.2, 0) is 28.7 Å². The van der Waals surface area contributed by atoms with Gasteiger partial charge in [-0.2, -0.15) is 0 Å². The first-order chi connectivity index (χ1) is 18.0. The first-order valence-electron chi connectivity index (χ1n) is 12.4. The van der Waals surface area contributed by atoms with Crippen molar-refractivity contribution in [3.8, 4) is 11.1 Å². The Hall–Kier alpha value is -2.99. The van der Waals surface area contributed by atoms with E-state index in [1.807, 2.05) is 61.2 Å². The number of hydrogen-bond acceptors (Lipinski definition) is 3. The van der Waals surface area contributed by atoms with Gasteiger partial charge in [0.05, 0.1) is 23.9 Å². The van der Waals surface area contributed by atoms with E-state index in [2.05, 4.69) is 47.4 Å². The normalized spacial score (nSPS) is 14.8. The molecule has 0 saturated heterocycles. The van der Waals surface area contributed by atoms with Gasteiger partial charge in [0.25, 0.3) is 0 Å². The lowest BCUT2D eigenvalue weighted by Gasteiger charge is -2.23. The van der Waals surface area contributed by atoms with Crippen molar-refractivity contribution in [1.82, 2.24) is 4.90 Å². The summed E-state index contributed by atoms with van der Waals surface area (Å²) in [5, 5.41) is 0. The fourth-order valence-corrected chi connectivity index (χ4v) is 5.06. The molecule has 0 aliphatic carbocycles. The van der Waals surface area contributed by atoms with E-state index >= 15 is 0 Å². The van der Waals surface area contributed by atoms with Crippen molar-refractivity contribution in [2.24, 2.45) is 0 Å². The van der Waals surface area contributed by atoms with E-state index in [1.54, 1.807) is 12.3 Å². The Labute approximate surface area is 228 Å². The van der Waals surface area contributed by atoms with Gasteiger partial charge in [-0.25, -0.2) is 0 Å². The van der Waals surface area contributed by atoms with Crippen molar-refractivity contribution < 1.29 is 9.00 Å². The van der Waals surface area contributed by atoms with E-state index in [9.17, 15) is 9.00 Å². The lowest BCUT2D eigenvalue weighted by atomic mass is 10.0. The average molecular weight is 535 g/mol. The highest BCUT2D eigenvalue weighted by molar-refractivity contribution is 7.84. The van der Waals surface area contributed by atoms with Crippen molar-refractivity contribution in [2.75, 3.05) is 24.2 Å². The molecule has 6 heteroatoms. The lowest BCUT2D eigenvalue weighted by molar-refractivity contribution is -0.119. The monoisotopic (exact) mass is 534 g/mol. The maximum absolute atomic E-state index is 13.3. The number of amides is 1. The van der Waals surface area contributed by atoms with Gasteiger partial charge in [0, 0.05) is 29.9 Å². The fourth-order valence-electron chi connectivity index (χ4n) is 4.30. The molecule has 37 heavy (non-hydrogen) atoms. The van der Waals surface area contributed by atoms with Gasteiger partial charge in [-0.15, -0.1) is 0 Å². The van der Waals surface area contributed by atoms with Gasteiger partial charge in [-0.05, 0) is 60.2 Å². The predicted octanol–water partition coefficient (Wildman–Crippen LogP) is 7.16. The first kappa shape index (κ1) is 28.6. The quantitative estimate of drug-likeness (QED) is 0.302. The lowest BCUT2D eigenvalue weighted by Crippen LogP contribution is -2.37. The minimum Gasteiger partial charge on any atom is -0.307 e. The summed E-state index contributed by atoms with van der Waals surface area (Å²) in [5.41, 5.74) is 6.73. The molecule has 0 bridgehead atoms. The van der Waals surface area contributed by atoms with Gasteiger partial charge in [0.15, 0.2) is 0 Å². The Kier molecular flexibility index (Phi) is 11.3. The molecule has 1 atom stereocenters. The standard InChI is InChI=1S/C28H30N2O2S.C3H5Cl/c1-3-4-9-18-29-20-24-10-5-7-12-26(24)30(28(31)21-29)19-22-14-16-23(17-15-22)25-11-6-8-13-27(25)33(2)32;1-2-3-4/h3-8,10-17H,9,18-21H2,1-2H3;2-3H,1H3/b4-3-;3-2+. The summed E-state index contributed by atoms with van der Waals surface area (Å²) >= 11 is 5.01. The number of para-hydroxylation sites is 1. The Balaban J connectivity index is 0.000000886. The maximum Gasteiger partial charge on any atom is 0.241 e. The van der Waals surface area contributed by atoms with E-state index in [0.29, 0.717) is 13.1 Å². The largest absolute Gasteiger partial charge is 0.307 e. The van der Waals surface area contributed by atoms with E-state index in [1.165, 1.54) is 11.1 Å². The van der Waals surface area contributed by atoms with Crippen LogP contribution in [0, 0.1) is 0 Å². The molecule has 1 aliphatic heterocycles. The minimum atomic E-state index is -1.05. The topological polar surface area (TPSA) is 40.6 Å². The second-order valence-corrected chi connectivity index (χ2v) is 10.4. The molecule has 1 unspecified atom stereocenters. The zero-order chi connectivity index (χ0) is 26.6. The van der Waals surface area contributed by atoms with Gasteiger partial charge in [-0.3, -0.25) is 13.9 Å². The van der Waals surface area contributed by atoms with Crippen molar-refractivity contribution in [3.05, 3.63) is 108 Å². The second-order valence-electron chi connectivity index (χ2n) is 8.78. The number of benzene rings is 3. The number of anilines is 1. The van der Waals surface area contributed by atoms with E-state index in [4.69, 9.17) is 11.6 Å². The summed E-state index contributed by atoms with van der Waals surface area (Å²) in [6.45, 7) is 6.48. The molecule has 4 rings (SSSR count). The third kappa shape index (κ3) is 8.00. The van der Waals surface area contributed by atoms with Crippen molar-refractivity contribution >= 4 is 34.0 Å². The number of allylic oxidation sites excluding steroid dienone is 2. The third-order valence-electron chi connectivity index (χ3n) is 6.11. The summed E-state index contributed by atoms with van der Waals surface area (Å²) in [4.78, 5) is 18.2. The van der Waals surface area contributed by atoms with Crippen LogP contribution in [-0.4, -0.2) is 34.4 Å². The summed E-state index contributed by atoms with van der Waals surface area (Å²) in [5.74, 6) is 0.122. The Bertz CT molecular complexity index is 1250.